The van der Waals surface area contributed by atoms with Crippen LogP contribution in [0.4, 0.5) is 0 Å². The molecule has 1 spiro atoms. The summed E-state index contributed by atoms with van der Waals surface area (Å²) < 4.78 is 11.6. The van der Waals surface area contributed by atoms with Gasteiger partial charge in [-0.25, -0.2) is 0 Å². The van der Waals surface area contributed by atoms with Gasteiger partial charge in [-0.05, 0) is 37.1 Å². The second-order valence-electron chi connectivity index (χ2n) is 6.90. The molecule has 27 heavy (non-hydrogen) atoms. The number of amides is 2. The Morgan fingerprint density at radius 1 is 1.30 bits per heavy atom. The van der Waals surface area contributed by atoms with E-state index in [-0.39, 0.29) is 11.8 Å². The van der Waals surface area contributed by atoms with Gasteiger partial charge in [-0.3, -0.25) is 14.6 Å². The number of piperidine rings is 1. The summed E-state index contributed by atoms with van der Waals surface area (Å²) in [4.78, 5) is 31.1. The lowest BCUT2D eigenvalue weighted by Gasteiger charge is -2.42. The molecule has 3 heterocycles. The van der Waals surface area contributed by atoms with Crippen molar-refractivity contribution in [1.29, 1.82) is 0 Å². The van der Waals surface area contributed by atoms with Crippen LogP contribution >= 0.6 is 0 Å². The molecule has 1 aromatic carbocycles. The number of ether oxygens (including phenoxy) is 2. The molecule has 7 heteroatoms. The van der Waals surface area contributed by atoms with Gasteiger partial charge in [0.05, 0.1) is 25.8 Å². The lowest BCUT2D eigenvalue weighted by molar-refractivity contribution is -0.000960. The van der Waals surface area contributed by atoms with Gasteiger partial charge in [0.15, 0.2) is 0 Å². The molecular weight excluding hydrogens is 346 g/mol. The molecule has 0 radical (unpaired) electrons. The number of fused-ring (bicyclic) bond motifs is 1. The molecule has 1 unspecified atom stereocenters. The third-order valence-corrected chi connectivity index (χ3v) is 5.08. The van der Waals surface area contributed by atoms with Gasteiger partial charge in [0, 0.05) is 30.6 Å². The van der Waals surface area contributed by atoms with Crippen molar-refractivity contribution in [3.8, 4) is 11.5 Å². The van der Waals surface area contributed by atoms with E-state index in [4.69, 9.17) is 9.47 Å². The second-order valence-corrected chi connectivity index (χ2v) is 6.90. The largest absolute Gasteiger partial charge is 0.497 e. The molecule has 0 bridgehead atoms. The van der Waals surface area contributed by atoms with Crippen LogP contribution in [-0.4, -0.2) is 54.0 Å². The molecule has 1 atom stereocenters. The maximum absolute atomic E-state index is 12.9. The lowest BCUT2D eigenvalue weighted by Crippen LogP contribution is -2.57. The Bertz CT molecular complexity index is 871. The van der Waals surface area contributed by atoms with E-state index in [9.17, 15) is 9.59 Å². The summed E-state index contributed by atoms with van der Waals surface area (Å²) in [7, 11) is 1.57. The number of carbonyl (C=O) groups excluding carboxylic acids is 2. The van der Waals surface area contributed by atoms with Crippen LogP contribution in [0.15, 0.2) is 42.7 Å². The number of nitrogens with one attached hydrogen (secondary N) is 1. The first-order valence-corrected chi connectivity index (χ1v) is 8.95. The van der Waals surface area contributed by atoms with Gasteiger partial charge in [0.2, 0.25) is 0 Å². The average Bonchev–Trinajstić information content (AvgIpc) is 2.84. The van der Waals surface area contributed by atoms with Crippen LogP contribution in [-0.2, 0) is 0 Å². The molecule has 7 nitrogen and oxygen atoms in total. The van der Waals surface area contributed by atoms with E-state index in [0.717, 1.165) is 12.8 Å². The molecule has 2 aliphatic heterocycles. The van der Waals surface area contributed by atoms with Gasteiger partial charge in [-0.1, -0.05) is 0 Å². The maximum atomic E-state index is 12.9. The summed E-state index contributed by atoms with van der Waals surface area (Å²) in [5.41, 5.74) is 0.417. The third-order valence-electron chi connectivity index (χ3n) is 5.08. The summed E-state index contributed by atoms with van der Waals surface area (Å²) in [5.74, 6) is 0.880. The van der Waals surface area contributed by atoms with Crippen molar-refractivity contribution in [2.45, 2.75) is 18.4 Å². The van der Waals surface area contributed by atoms with E-state index < -0.39 is 5.60 Å². The zero-order valence-corrected chi connectivity index (χ0v) is 15.1. The SMILES string of the molecule is COc1ccc2c(c1)OC1(CCCN(C(=O)c3ccncc3)C1)CNC2=O. The van der Waals surface area contributed by atoms with Crippen LogP contribution in [0.2, 0.25) is 0 Å². The molecule has 0 saturated carbocycles. The molecule has 2 aliphatic rings. The highest BCUT2D eigenvalue weighted by Crippen LogP contribution is 2.34. The Balaban J connectivity index is 1.62. The first-order chi connectivity index (χ1) is 13.1. The quantitative estimate of drug-likeness (QED) is 0.877. The Kier molecular flexibility index (Phi) is 4.43. The van der Waals surface area contributed by atoms with Crippen molar-refractivity contribution in [3.63, 3.8) is 0 Å². The first-order valence-electron chi connectivity index (χ1n) is 8.95. The number of aromatic nitrogens is 1. The zero-order chi connectivity index (χ0) is 18.9. The van der Waals surface area contributed by atoms with E-state index in [0.29, 0.717) is 42.3 Å². The second kappa shape index (κ2) is 6.90. The molecule has 1 N–H and O–H groups in total. The minimum atomic E-state index is -0.659. The van der Waals surface area contributed by atoms with Crippen molar-refractivity contribution in [2.24, 2.45) is 0 Å². The van der Waals surface area contributed by atoms with Crippen LogP contribution in [0.3, 0.4) is 0 Å². The highest BCUT2D eigenvalue weighted by atomic mass is 16.5. The Morgan fingerprint density at radius 3 is 2.89 bits per heavy atom. The van der Waals surface area contributed by atoms with Gasteiger partial charge in [0.1, 0.15) is 17.1 Å². The number of carbonyl (C=O) groups is 2. The topological polar surface area (TPSA) is 80.8 Å². The van der Waals surface area contributed by atoms with Crippen LogP contribution in [0.25, 0.3) is 0 Å². The zero-order valence-electron chi connectivity index (χ0n) is 15.1. The van der Waals surface area contributed by atoms with E-state index in [2.05, 4.69) is 10.3 Å². The normalized spacial score (nSPS) is 21.7. The van der Waals surface area contributed by atoms with Gasteiger partial charge in [0.25, 0.3) is 11.8 Å². The van der Waals surface area contributed by atoms with Crippen molar-refractivity contribution in [1.82, 2.24) is 15.2 Å². The highest BCUT2D eigenvalue weighted by Gasteiger charge is 2.42. The van der Waals surface area contributed by atoms with E-state index in [1.165, 1.54) is 0 Å². The molecule has 1 saturated heterocycles. The number of benzene rings is 1. The van der Waals surface area contributed by atoms with Gasteiger partial charge < -0.3 is 19.7 Å². The summed E-state index contributed by atoms with van der Waals surface area (Å²) >= 11 is 0. The van der Waals surface area contributed by atoms with Crippen molar-refractivity contribution >= 4 is 11.8 Å². The molecule has 2 amide bonds. The van der Waals surface area contributed by atoms with Crippen molar-refractivity contribution in [2.75, 3.05) is 26.7 Å². The molecular formula is C20H21N3O4. The predicted molar refractivity (Wildman–Crippen MR) is 98.1 cm³/mol. The number of hydrogen-bond donors (Lipinski definition) is 1. The Hall–Kier alpha value is -3.09. The fourth-order valence-corrected chi connectivity index (χ4v) is 3.68. The Labute approximate surface area is 157 Å². The number of pyridine rings is 1. The van der Waals surface area contributed by atoms with E-state index >= 15 is 0 Å². The van der Waals surface area contributed by atoms with E-state index in [1.807, 2.05) is 0 Å². The van der Waals surface area contributed by atoms with Crippen LogP contribution in [0, 0.1) is 0 Å². The van der Waals surface area contributed by atoms with Crippen molar-refractivity contribution in [3.05, 3.63) is 53.9 Å². The molecule has 0 aliphatic carbocycles. The highest BCUT2D eigenvalue weighted by molar-refractivity contribution is 5.97. The first kappa shape index (κ1) is 17.3. The van der Waals surface area contributed by atoms with Gasteiger partial charge in [-0.2, -0.15) is 0 Å². The Morgan fingerprint density at radius 2 is 2.11 bits per heavy atom. The van der Waals surface area contributed by atoms with Gasteiger partial charge >= 0.3 is 0 Å². The van der Waals surface area contributed by atoms with Crippen LogP contribution < -0.4 is 14.8 Å². The molecule has 2 aromatic rings. The summed E-state index contributed by atoms with van der Waals surface area (Å²) in [6.07, 6.45) is 4.77. The smallest absolute Gasteiger partial charge is 0.255 e. The number of nitrogens with zero attached hydrogens (tertiary/aromatic N) is 2. The third kappa shape index (κ3) is 3.32. The average molecular weight is 367 g/mol. The fraction of sp³-hybridized carbons (Fsp3) is 0.350. The van der Waals surface area contributed by atoms with Crippen molar-refractivity contribution < 1.29 is 19.1 Å². The minimum absolute atomic E-state index is 0.0542. The lowest BCUT2D eigenvalue weighted by atomic mass is 9.92. The minimum Gasteiger partial charge on any atom is -0.497 e. The molecule has 4 rings (SSSR count). The summed E-state index contributed by atoms with van der Waals surface area (Å²) in [5, 5.41) is 2.95. The predicted octanol–water partition coefficient (Wildman–Crippen LogP) is 1.89. The van der Waals surface area contributed by atoms with Crippen LogP contribution in [0.5, 0.6) is 11.5 Å². The standard InChI is InChI=1S/C20H21N3O4/c1-26-15-3-4-16-17(11-15)27-20(12-22-18(16)24)7-2-10-23(13-20)19(25)14-5-8-21-9-6-14/h3-6,8-9,11H,2,7,10,12-13H2,1H3,(H,22,24). The summed E-state index contributed by atoms with van der Waals surface area (Å²) in [6, 6.07) is 8.58. The maximum Gasteiger partial charge on any atom is 0.255 e. The molecule has 1 fully saturated rings. The molecule has 1 aromatic heterocycles. The summed E-state index contributed by atoms with van der Waals surface area (Å²) in [6.45, 7) is 1.42. The number of hydrogen-bond acceptors (Lipinski definition) is 5. The number of likely N-dealkylation sites (tertiary alicyclic amines) is 1. The van der Waals surface area contributed by atoms with Gasteiger partial charge in [-0.15, -0.1) is 0 Å². The number of methoxy groups -OCH3 is 1. The number of rotatable bonds is 2. The fourth-order valence-electron chi connectivity index (χ4n) is 3.68. The molecule has 140 valence electrons. The van der Waals surface area contributed by atoms with E-state index in [1.54, 1.807) is 54.7 Å². The monoisotopic (exact) mass is 367 g/mol. The van der Waals surface area contributed by atoms with Crippen LogP contribution in [0.1, 0.15) is 33.6 Å².